The number of rotatable bonds is 4. The third-order valence-electron chi connectivity index (χ3n) is 2.55. The van der Waals surface area contributed by atoms with Crippen LogP contribution < -0.4 is 5.11 Å². The highest BCUT2D eigenvalue weighted by Gasteiger charge is 2.11. The molecule has 0 aliphatic rings. The summed E-state index contributed by atoms with van der Waals surface area (Å²) in [4.78, 5) is 21.0. The van der Waals surface area contributed by atoms with Crippen LogP contribution in [-0.4, -0.2) is 48.7 Å². The molecule has 0 fully saturated rings. The van der Waals surface area contributed by atoms with Crippen molar-refractivity contribution in [2.75, 3.05) is 28.2 Å². The van der Waals surface area contributed by atoms with E-state index < -0.39 is 22.2 Å². The molecule has 0 aromatic heterocycles. The van der Waals surface area contributed by atoms with Gasteiger partial charge in [-0.15, -0.1) is 5.11 Å². The first-order valence-corrected chi connectivity index (χ1v) is 7.47. The van der Waals surface area contributed by atoms with Gasteiger partial charge in [0.2, 0.25) is 0 Å². The highest BCUT2D eigenvalue weighted by molar-refractivity contribution is 5.91. The average Bonchev–Trinajstić information content (AvgIpc) is 2.52. The lowest BCUT2D eigenvalue weighted by Crippen LogP contribution is -2.27. The second kappa shape index (κ2) is 8.67. The summed E-state index contributed by atoms with van der Waals surface area (Å²) in [5, 5.41) is 38.4. The highest BCUT2D eigenvalue weighted by atomic mass is 16.6. The van der Waals surface area contributed by atoms with E-state index in [1.54, 1.807) is 6.07 Å². The van der Waals surface area contributed by atoms with Gasteiger partial charge in [-0.05, 0) is 18.2 Å². The number of carbonyl (C=O) groups is 1. The first-order chi connectivity index (χ1) is 12.0. The molecule has 0 spiro atoms. The van der Waals surface area contributed by atoms with Gasteiger partial charge < -0.3 is 14.7 Å². The fourth-order valence-corrected chi connectivity index (χ4v) is 1.56. The molecule has 0 atom stereocenters. The Kier molecular flexibility index (Phi) is 6.91. The number of carboxylic acids is 1. The molecule has 2 aromatic rings. The Bertz CT molecular complexity index is 822. The topological polar surface area (TPSA) is 128 Å². The number of quaternary nitrogens is 1. The largest absolute Gasteiger partial charge is 0.872 e. The van der Waals surface area contributed by atoms with Crippen molar-refractivity contribution in [1.82, 2.24) is 0 Å². The molecule has 0 saturated carbocycles. The molecule has 0 aliphatic carbocycles. The van der Waals surface area contributed by atoms with Crippen LogP contribution in [0.5, 0.6) is 5.75 Å². The smallest absolute Gasteiger partial charge is 0.335 e. The number of azo groups is 1. The van der Waals surface area contributed by atoms with E-state index >= 15 is 0 Å². The molecule has 2 aromatic carbocycles. The normalized spacial score (nSPS) is 10.9. The maximum atomic E-state index is 11.3. The minimum Gasteiger partial charge on any atom is -0.872 e. The Hall–Kier alpha value is -3.33. The van der Waals surface area contributed by atoms with Gasteiger partial charge in [-0.1, -0.05) is 23.9 Å². The van der Waals surface area contributed by atoms with Gasteiger partial charge in [0.25, 0.3) is 5.69 Å². The maximum Gasteiger partial charge on any atom is 0.335 e. The van der Waals surface area contributed by atoms with E-state index in [0.29, 0.717) is 0 Å². The molecule has 0 aliphatic heterocycles. The second-order valence-electron chi connectivity index (χ2n) is 6.61. The number of aromatic carboxylic acids is 1. The fraction of sp³-hybridized carbons (Fsp3) is 0.235. The Morgan fingerprint density at radius 2 is 1.65 bits per heavy atom. The van der Waals surface area contributed by atoms with Crippen molar-refractivity contribution in [2.45, 2.75) is 0 Å². The van der Waals surface area contributed by atoms with Crippen molar-refractivity contribution in [1.29, 1.82) is 0 Å². The molecule has 0 bridgehead atoms. The average molecular weight is 360 g/mol. The van der Waals surface area contributed by atoms with E-state index in [2.05, 4.69) is 38.4 Å². The maximum absolute atomic E-state index is 11.3. The van der Waals surface area contributed by atoms with Crippen LogP contribution >= 0.6 is 0 Å². The van der Waals surface area contributed by atoms with Crippen LogP contribution in [0.1, 0.15) is 10.4 Å². The zero-order valence-corrected chi connectivity index (χ0v) is 14.9. The van der Waals surface area contributed by atoms with Gasteiger partial charge in [0.05, 0.1) is 44.4 Å². The van der Waals surface area contributed by atoms with Crippen molar-refractivity contribution < 1.29 is 24.4 Å². The van der Waals surface area contributed by atoms with Gasteiger partial charge in [0, 0.05) is 6.07 Å². The van der Waals surface area contributed by atoms with Crippen LogP contribution in [0.25, 0.3) is 0 Å². The van der Waals surface area contributed by atoms with Crippen LogP contribution in [0.4, 0.5) is 17.1 Å². The minimum absolute atomic E-state index is 0.0329. The van der Waals surface area contributed by atoms with Crippen molar-refractivity contribution in [3.8, 4) is 5.75 Å². The monoisotopic (exact) mass is 360 g/mol. The number of nitro benzene ring substituents is 1. The zero-order valence-electron chi connectivity index (χ0n) is 14.9. The SMILES string of the molecule is C[N+](C)(C)C.O=C(O)c1cc(N=Nc2ccccc2[N+](=O)[O-])ccc1[O-]. The van der Waals surface area contributed by atoms with E-state index in [9.17, 15) is 20.0 Å². The molecular weight excluding hydrogens is 340 g/mol. The first kappa shape index (κ1) is 20.7. The molecule has 0 saturated heterocycles. The number of hydrogen-bond acceptors (Lipinski definition) is 6. The van der Waals surface area contributed by atoms with Crippen molar-refractivity contribution >= 4 is 23.0 Å². The highest BCUT2D eigenvalue weighted by Crippen LogP contribution is 2.29. The van der Waals surface area contributed by atoms with Crippen molar-refractivity contribution in [3.63, 3.8) is 0 Å². The van der Waals surface area contributed by atoms with Crippen LogP contribution in [0.15, 0.2) is 52.7 Å². The van der Waals surface area contributed by atoms with Crippen LogP contribution in [-0.2, 0) is 0 Å². The summed E-state index contributed by atoms with van der Waals surface area (Å²) in [6.07, 6.45) is 0. The molecule has 138 valence electrons. The summed E-state index contributed by atoms with van der Waals surface area (Å²) >= 11 is 0. The molecule has 0 unspecified atom stereocenters. The van der Waals surface area contributed by atoms with Gasteiger partial charge in [-0.2, -0.15) is 5.11 Å². The van der Waals surface area contributed by atoms with Crippen LogP contribution in [0, 0.1) is 10.1 Å². The molecule has 9 heteroatoms. The van der Waals surface area contributed by atoms with E-state index in [0.717, 1.165) is 16.6 Å². The molecule has 26 heavy (non-hydrogen) atoms. The van der Waals surface area contributed by atoms with E-state index in [4.69, 9.17) is 5.11 Å². The van der Waals surface area contributed by atoms with Gasteiger partial charge in [-0.3, -0.25) is 10.1 Å². The number of nitro groups is 1. The zero-order chi connectivity index (χ0) is 19.9. The third-order valence-corrected chi connectivity index (χ3v) is 2.55. The minimum atomic E-state index is -1.37. The van der Waals surface area contributed by atoms with Crippen LogP contribution in [0.3, 0.4) is 0 Å². The lowest BCUT2D eigenvalue weighted by Gasteiger charge is -2.14. The van der Waals surface area contributed by atoms with Crippen LogP contribution in [0.2, 0.25) is 0 Å². The lowest BCUT2D eigenvalue weighted by atomic mass is 10.2. The Morgan fingerprint density at radius 3 is 2.19 bits per heavy atom. The predicted molar refractivity (Wildman–Crippen MR) is 94.1 cm³/mol. The Morgan fingerprint density at radius 1 is 1.08 bits per heavy atom. The van der Waals surface area contributed by atoms with E-state index in [1.165, 1.54) is 24.3 Å². The Balaban J connectivity index is 0.000000597. The second-order valence-corrected chi connectivity index (χ2v) is 6.61. The summed E-state index contributed by atoms with van der Waals surface area (Å²) in [5.41, 5.74) is -0.509. The first-order valence-electron chi connectivity index (χ1n) is 7.47. The fourth-order valence-electron chi connectivity index (χ4n) is 1.56. The quantitative estimate of drug-likeness (QED) is 0.388. The van der Waals surface area contributed by atoms with E-state index in [1.807, 2.05) is 0 Å². The molecule has 1 N–H and O–H groups in total. The number of nitrogens with zero attached hydrogens (tertiary/aromatic N) is 4. The molecule has 0 radical (unpaired) electrons. The Labute approximate surface area is 150 Å². The molecule has 9 nitrogen and oxygen atoms in total. The standard InChI is InChI=1S/C13H9N3O5.C4H12N/c17-12-6-5-8(7-9(12)13(18)19)14-15-10-3-1-2-4-11(10)16(20)21;1-5(2,3)4/h1-7,17H,(H,18,19);1-4H3/q;+1/p-1. The van der Waals surface area contributed by atoms with Crippen molar-refractivity contribution in [2.24, 2.45) is 10.2 Å². The number of carboxylic acid groups (broad SMARTS) is 1. The summed E-state index contributed by atoms with van der Waals surface area (Å²) in [6.45, 7) is 0. The number of benzene rings is 2. The molecule has 0 heterocycles. The molecule has 0 amide bonds. The summed E-state index contributed by atoms with van der Waals surface area (Å²) in [5.74, 6) is -2.02. The summed E-state index contributed by atoms with van der Waals surface area (Å²) < 4.78 is 1.00. The predicted octanol–water partition coefficient (Wildman–Crippen LogP) is 3.10. The lowest BCUT2D eigenvalue weighted by molar-refractivity contribution is -0.849. The van der Waals surface area contributed by atoms with Gasteiger partial charge in [0.15, 0.2) is 5.69 Å². The van der Waals surface area contributed by atoms with Gasteiger partial charge in [-0.25, -0.2) is 4.79 Å². The summed E-state index contributed by atoms with van der Waals surface area (Å²) in [7, 11) is 8.50. The van der Waals surface area contributed by atoms with Gasteiger partial charge >= 0.3 is 5.97 Å². The van der Waals surface area contributed by atoms with E-state index in [-0.39, 0.29) is 17.1 Å². The summed E-state index contributed by atoms with van der Waals surface area (Å²) in [6, 6.07) is 9.13. The molecule has 2 rings (SSSR count). The third kappa shape index (κ3) is 7.05. The van der Waals surface area contributed by atoms with Gasteiger partial charge in [0.1, 0.15) is 0 Å². The van der Waals surface area contributed by atoms with Crippen molar-refractivity contribution in [3.05, 3.63) is 58.1 Å². The number of para-hydroxylation sites is 1. The molecular formula is C17H20N4O5. The number of hydrogen-bond donors (Lipinski definition) is 1.